The molecule has 0 fully saturated rings. The second-order valence-corrected chi connectivity index (χ2v) is 7.40. The van der Waals surface area contributed by atoms with Crippen LogP contribution in [0.4, 0.5) is 0 Å². The topological polar surface area (TPSA) is 0 Å². The van der Waals surface area contributed by atoms with Gasteiger partial charge in [-0.05, 0) is 36.0 Å². The molecule has 84 valence electrons. The molecule has 1 aromatic rings. The van der Waals surface area contributed by atoms with Crippen LogP contribution in [0.5, 0.6) is 0 Å². The molecule has 15 heavy (non-hydrogen) atoms. The maximum absolute atomic E-state index is 3.76. The van der Waals surface area contributed by atoms with Crippen molar-refractivity contribution in [1.29, 1.82) is 0 Å². The number of rotatable bonds is 3. The average molecular weight is 334 g/mol. The van der Waals surface area contributed by atoms with Gasteiger partial charge in [0.05, 0.1) is 0 Å². The minimum absolute atomic E-state index is 0.392. The summed E-state index contributed by atoms with van der Waals surface area (Å²) in [5.74, 6) is 0. The van der Waals surface area contributed by atoms with Crippen LogP contribution in [0.1, 0.15) is 32.8 Å². The van der Waals surface area contributed by atoms with E-state index in [2.05, 4.69) is 76.9 Å². The number of hydrogen-bond acceptors (Lipinski definition) is 0. The van der Waals surface area contributed by atoms with E-state index in [1.54, 1.807) is 0 Å². The molecule has 0 aliphatic rings. The number of halogens is 2. The summed E-state index contributed by atoms with van der Waals surface area (Å²) in [4.78, 5) is 0.568. The molecular weight excluding hydrogens is 316 g/mol. The Morgan fingerprint density at radius 2 is 1.67 bits per heavy atom. The second-order valence-electron chi connectivity index (χ2n) is 5.19. The molecule has 1 rings (SSSR count). The normalized spacial score (nSPS) is 13.9. The Bertz CT molecular complexity index is 295. The zero-order valence-electron chi connectivity index (χ0n) is 9.56. The van der Waals surface area contributed by atoms with Gasteiger partial charge in [0, 0.05) is 9.30 Å². The van der Waals surface area contributed by atoms with E-state index in [-0.39, 0.29) is 0 Å². The molecule has 0 heterocycles. The van der Waals surface area contributed by atoms with Crippen molar-refractivity contribution in [3.63, 3.8) is 0 Å². The standard InChI is InChI=1S/C13H18Br2/c1-13(2,3)9-12(15)8-10-4-6-11(14)7-5-10/h4-7,12H,8-9H2,1-3H3. The van der Waals surface area contributed by atoms with Crippen molar-refractivity contribution in [2.24, 2.45) is 5.41 Å². The molecule has 0 N–H and O–H groups in total. The van der Waals surface area contributed by atoms with E-state index in [0.29, 0.717) is 10.2 Å². The molecule has 1 atom stereocenters. The van der Waals surface area contributed by atoms with Crippen molar-refractivity contribution >= 4 is 31.9 Å². The molecule has 0 saturated heterocycles. The van der Waals surface area contributed by atoms with Crippen molar-refractivity contribution in [2.45, 2.75) is 38.4 Å². The number of benzene rings is 1. The predicted octanol–water partition coefficient (Wildman–Crippen LogP) is 5.19. The summed E-state index contributed by atoms with van der Waals surface area (Å²) in [5, 5.41) is 0. The Hall–Kier alpha value is 0.180. The Morgan fingerprint density at radius 3 is 2.13 bits per heavy atom. The van der Waals surface area contributed by atoms with Crippen molar-refractivity contribution in [3.05, 3.63) is 34.3 Å². The fourth-order valence-electron chi connectivity index (χ4n) is 1.61. The smallest absolute Gasteiger partial charge is 0.0191 e. The summed E-state index contributed by atoms with van der Waals surface area (Å²) >= 11 is 7.21. The fraction of sp³-hybridized carbons (Fsp3) is 0.538. The predicted molar refractivity (Wildman–Crippen MR) is 74.6 cm³/mol. The summed E-state index contributed by atoms with van der Waals surface area (Å²) < 4.78 is 1.15. The Morgan fingerprint density at radius 1 is 1.13 bits per heavy atom. The van der Waals surface area contributed by atoms with Gasteiger partial charge < -0.3 is 0 Å². The Labute approximate surface area is 110 Å². The van der Waals surface area contributed by atoms with Crippen LogP contribution in [0.3, 0.4) is 0 Å². The first-order valence-corrected chi connectivity index (χ1v) is 6.96. The highest BCUT2D eigenvalue weighted by Crippen LogP contribution is 2.27. The quantitative estimate of drug-likeness (QED) is 0.667. The third-order valence-corrected chi connectivity index (χ3v) is 3.38. The lowest BCUT2D eigenvalue weighted by molar-refractivity contribution is 0.373. The summed E-state index contributed by atoms with van der Waals surface area (Å²) in [6, 6.07) is 8.57. The summed E-state index contributed by atoms with van der Waals surface area (Å²) in [6.07, 6.45) is 2.30. The van der Waals surface area contributed by atoms with E-state index in [1.807, 2.05) is 0 Å². The van der Waals surface area contributed by atoms with Crippen molar-refractivity contribution in [1.82, 2.24) is 0 Å². The number of alkyl halides is 1. The lowest BCUT2D eigenvalue weighted by Crippen LogP contribution is -2.14. The summed E-state index contributed by atoms with van der Waals surface area (Å²) in [5.41, 5.74) is 1.79. The largest absolute Gasteiger partial charge is 0.0887 e. The first-order valence-electron chi connectivity index (χ1n) is 5.25. The summed E-state index contributed by atoms with van der Waals surface area (Å²) in [6.45, 7) is 6.84. The van der Waals surface area contributed by atoms with Crippen molar-refractivity contribution in [2.75, 3.05) is 0 Å². The molecule has 0 amide bonds. The third-order valence-electron chi connectivity index (χ3n) is 2.20. The van der Waals surface area contributed by atoms with Crippen LogP contribution in [0.15, 0.2) is 28.7 Å². The molecule has 0 aliphatic heterocycles. The molecule has 0 saturated carbocycles. The third kappa shape index (κ3) is 5.72. The van der Waals surface area contributed by atoms with Gasteiger partial charge in [0.25, 0.3) is 0 Å². The van der Waals surface area contributed by atoms with E-state index in [1.165, 1.54) is 12.0 Å². The van der Waals surface area contributed by atoms with Gasteiger partial charge in [0.15, 0.2) is 0 Å². The first kappa shape index (κ1) is 13.2. The van der Waals surface area contributed by atoms with Crippen molar-refractivity contribution < 1.29 is 0 Å². The van der Waals surface area contributed by atoms with Crippen LogP contribution in [0, 0.1) is 5.41 Å². The van der Waals surface area contributed by atoms with Gasteiger partial charge in [-0.3, -0.25) is 0 Å². The molecule has 0 radical (unpaired) electrons. The van der Waals surface area contributed by atoms with Crippen LogP contribution in [-0.2, 0) is 6.42 Å². The molecule has 0 aliphatic carbocycles. The van der Waals surface area contributed by atoms with E-state index in [4.69, 9.17) is 0 Å². The molecule has 1 aromatic carbocycles. The monoisotopic (exact) mass is 332 g/mol. The molecular formula is C13H18Br2. The van der Waals surface area contributed by atoms with Crippen molar-refractivity contribution in [3.8, 4) is 0 Å². The van der Waals surface area contributed by atoms with Gasteiger partial charge in [-0.15, -0.1) is 0 Å². The molecule has 0 bridgehead atoms. The fourth-order valence-corrected chi connectivity index (χ4v) is 3.22. The highest BCUT2D eigenvalue weighted by Gasteiger charge is 2.16. The van der Waals surface area contributed by atoms with E-state index in [9.17, 15) is 0 Å². The van der Waals surface area contributed by atoms with Crippen LogP contribution in [0.2, 0.25) is 0 Å². The Balaban J connectivity index is 2.51. The minimum Gasteiger partial charge on any atom is -0.0887 e. The van der Waals surface area contributed by atoms with Crippen LogP contribution in [0.25, 0.3) is 0 Å². The van der Waals surface area contributed by atoms with Gasteiger partial charge in [-0.1, -0.05) is 64.8 Å². The van der Waals surface area contributed by atoms with Gasteiger partial charge in [0.1, 0.15) is 0 Å². The molecule has 0 spiro atoms. The van der Waals surface area contributed by atoms with E-state index >= 15 is 0 Å². The van der Waals surface area contributed by atoms with Crippen LogP contribution >= 0.6 is 31.9 Å². The maximum Gasteiger partial charge on any atom is 0.0191 e. The molecule has 0 nitrogen and oxygen atoms in total. The average Bonchev–Trinajstić information content (AvgIpc) is 2.05. The highest BCUT2D eigenvalue weighted by molar-refractivity contribution is 9.10. The van der Waals surface area contributed by atoms with Gasteiger partial charge in [-0.25, -0.2) is 0 Å². The van der Waals surface area contributed by atoms with Gasteiger partial charge in [0.2, 0.25) is 0 Å². The molecule has 0 aromatic heterocycles. The van der Waals surface area contributed by atoms with Gasteiger partial charge in [-0.2, -0.15) is 0 Å². The Kier molecular flexibility index (Phi) is 4.85. The van der Waals surface area contributed by atoms with Gasteiger partial charge >= 0.3 is 0 Å². The zero-order valence-corrected chi connectivity index (χ0v) is 12.7. The lowest BCUT2D eigenvalue weighted by Gasteiger charge is -2.22. The SMILES string of the molecule is CC(C)(C)CC(Br)Cc1ccc(Br)cc1. The molecule has 2 heteroatoms. The molecule has 1 unspecified atom stereocenters. The maximum atomic E-state index is 3.76. The van der Waals surface area contributed by atoms with E-state index < -0.39 is 0 Å². The zero-order chi connectivity index (χ0) is 11.5. The highest BCUT2D eigenvalue weighted by atomic mass is 79.9. The second kappa shape index (κ2) is 5.49. The minimum atomic E-state index is 0.392. The van der Waals surface area contributed by atoms with Crippen LogP contribution < -0.4 is 0 Å². The van der Waals surface area contributed by atoms with E-state index in [0.717, 1.165) is 10.9 Å². The first-order chi connectivity index (χ1) is 6.87. The van der Waals surface area contributed by atoms with Crippen LogP contribution in [-0.4, -0.2) is 4.83 Å². The lowest BCUT2D eigenvalue weighted by atomic mass is 9.89. The summed E-state index contributed by atoms with van der Waals surface area (Å²) in [7, 11) is 0. The number of hydrogen-bond donors (Lipinski definition) is 0.